The number of allylic oxidation sites excluding steroid dienone is 14. The molecule has 70 heavy (non-hydrogen) atoms. The fourth-order valence-corrected chi connectivity index (χ4v) is 8.17. The highest BCUT2D eigenvalue weighted by Gasteiger charge is 2.19. The maximum Gasteiger partial charge on any atom is 0.306 e. The molecule has 0 bridgehead atoms. The van der Waals surface area contributed by atoms with Crippen molar-refractivity contribution < 1.29 is 28.6 Å². The minimum absolute atomic E-state index is 0.0848. The van der Waals surface area contributed by atoms with Gasteiger partial charge in [-0.1, -0.05) is 241 Å². The molecular weight excluding hydrogens is 865 g/mol. The Morgan fingerprint density at radius 2 is 0.586 bits per heavy atom. The van der Waals surface area contributed by atoms with Gasteiger partial charge in [-0.2, -0.15) is 0 Å². The van der Waals surface area contributed by atoms with Crippen LogP contribution in [0.25, 0.3) is 0 Å². The van der Waals surface area contributed by atoms with Crippen LogP contribution in [0.4, 0.5) is 0 Å². The van der Waals surface area contributed by atoms with Gasteiger partial charge in [0.2, 0.25) is 0 Å². The van der Waals surface area contributed by atoms with Gasteiger partial charge in [0.15, 0.2) is 6.10 Å². The summed E-state index contributed by atoms with van der Waals surface area (Å²) in [4.78, 5) is 38.1. The molecule has 0 radical (unpaired) electrons. The maximum atomic E-state index is 12.9. The van der Waals surface area contributed by atoms with Crippen LogP contribution >= 0.6 is 0 Å². The van der Waals surface area contributed by atoms with Crippen LogP contribution in [0.15, 0.2) is 85.1 Å². The number of unbranched alkanes of at least 4 members (excludes halogenated alkanes) is 28. The predicted molar refractivity (Wildman–Crippen MR) is 302 cm³/mol. The second-order valence-electron chi connectivity index (χ2n) is 19.5. The van der Waals surface area contributed by atoms with Gasteiger partial charge in [-0.05, 0) is 109 Å². The van der Waals surface area contributed by atoms with Crippen LogP contribution in [0.1, 0.15) is 284 Å². The Balaban J connectivity index is 4.31. The molecule has 1 atom stereocenters. The summed E-state index contributed by atoms with van der Waals surface area (Å²) in [5.74, 6) is -0.902. The predicted octanol–water partition coefficient (Wildman–Crippen LogP) is 19.9. The minimum atomic E-state index is -0.786. The minimum Gasteiger partial charge on any atom is -0.462 e. The van der Waals surface area contributed by atoms with Crippen LogP contribution < -0.4 is 0 Å². The quantitative estimate of drug-likeness (QED) is 0.0261. The summed E-state index contributed by atoms with van der Waals surface area (Å²) in [5, 5.41) is 0. The van der Waals surface area contributed by atoms with Crippen LogP contribution in [-0.4, -0.2) is 37.2 Å². The van der Waals surface area contributed by atoms with Crippen LogP contribution in [0.2, 0.25) is 0 Å². The van der Waals surface area contributed by atoms with Crippen LogP contribution in [0.3, 0.4) is 0 Å². The van der Waals surface area contributed by atoms with E-state index < -0.39 is 6.10 Å². The molecule has 0 amide bonds. The summed E-state index contributed by atoms with van der Waals surface area (Å²) < 4.78 is 16.8. The van der Waals surface area contributed by atoms with E-state index in [1.807, 2.05) is 0 Å². The number of carbonyl (C=O) groups excluding carboxylic acids is 3. The lowest BCUT2D eigenvalue weighted by atomic mass is 10.1. The monoisotopic (exact) mass is 975 g/mol. The Morgan fingerprint density at radius 3 is 0.943 bits per heavy atom. The smallest absolute Gasteiger partial charge is 0.306 e. The zero-order chi connectivity index (χ0) is 50.7. The van der Waals surface area contributed by atoms with E-state index >= 15 is 0 Å². The molecule has 0 heterocycles. The van der Waals surface area contributed by atoms with Crippen molar-refractivity contribution in [3.05, 3.63) is 85.1 Å². The molecule has 0 fully saturated rings. The fraction of sp³-hybridized carbons (Fsp3) is 0.734. The van der Waals surface area contributed by atoms with Gasteiger partial charge in [0, 0.05) is 19.3 Å². The summed E-state index contributed by atoms with van der Waals surface area (Å²) in [6.45, 7) is 6.46. The number of ether oxygens (including phenoxy) is 3. The van der Waals surface area contributed by atoms with Crippen molar-refractivity contribution >= 4 is 17.9 Å². The molecule has 0 aromatic heterocycles. The van der Waals surface area contributed by atoms with Gasteiger partial charge in [0.05, 0.1) is 0 Å². The molecule has 0 N–H and O–H groups in total. The van der Waals surface area contributed by atoms with E-state index in [1.165, 1.54) is 135 Å². The third kappa shape index (κ3) is 55.5. The van der Waals surface area contributed by atoms with Gasteiger partial charge in [-0.25, -0.2) is 0 Å². The lowest BCUT2D eigenvalue weighted by Crippen LogP contribution is -2.30. The van der Waals surface area contributed by atoms with Crippen molar-refractivity contribution in [3.63, 3.8) is 0 Å². The maximum absolute atomic E-state index is 12.9. The molecule has 0 aromatic rings. The van der Waals surface area contributed by atoms with E-state index in [4.69, 9.17) is 14.2 Å². The highest BCUT2D eigenvalue weighted by Crippen LogP contribution is 2.15. The number of esters is 3. The largest absolute Gasteiger partial charge is 0.462 e. The zero-order valence-corrected chi connectivity index (χ0v) is 46.0. The molecule has 6 heteroatoms. The molecule has 6 nitrogen and oxygen atoms in total. The summed E-state index contributed by atoms with van der Waals surface area (Å²) in [7, 11) is 0. The lowest BCUT2D eigenvalue weighted by molar-refractivity contribution is -0.167. The Kier molecular flexibility index (Phi) is 55.3. The second-order valence-corrected chi connectivity index (χ2v) is 19.5. The van der Waals surface area contributed by atoms with Gasteiger partial charge in [-0.3, -0.25) is 14.4 Å². The molecule has 0 saturated carbocycles. The first-order valence-corrected chi connectivity index (χ1v) is 29.6. The van der Waals surface area contributed by atoms with E-state index in [0.717, 1.165) is 109 Å². The van der Waals surface area contributed by atoms with E-state index in [2.05, 4.69) is 106 Å². The lowest BCUT2D eigenvalue weighted by Gasteiger charge is -2.18. The molecule has 0 spiro atoms. The number of hydrogen-bond acceptors (Lipinski definition) is 6. The fourth-order valence-electron chi connectivity index (χ4n) is 8.17. The Morgan fingerprint density at radius 1 is 0.300 bits per heavy atom. The number of rotatable bonds is 53. The standard InChI is InChI=1S/C64H110O6/c1-4-7-10-13-16-19-22-24-26-28-30-31-32-33-35-36-38-40-42-45-48-51-54-57-63(66)69-60-61(59-68-62(65)56-53-50-47-44-21-18-15-12-9-6-3)70-64(67)58-55-52-49-46-43-41-39-37-34-29-27-25-23-20-17-14-11-8-5-2/h7,10,12,15-16,19,24-27,30-31,33,35,61H,4-6,8-9,11,13-14,17-18,20-23,28-29,32,34,36-60H2,1-3H3/b10-7-,15-12-,19-16-,26-24-,27-25-,31-30-,35-33-. The molecule has 0 saturated heterocycles. The Labute approximate surface area is 433 Å². The third-order valence-electron chi connectivity index (χ3n) is 12.6. The number of hydrogen-bond donors (Lipinski definition) is 0. The van der Waals surface area contributed by atoms with Crippen molar-refractivity contribution in [2.24, 2.45) is 0 Å². The summed E-state index contributed by atoms with van der Waals surface area (Å²) in [6.07, 6.45) is 75.8. The highest BCUT2D eigenvalue weighted by molar-refractivity contribution is 5.71. The Bertz CT molecular complexity index is 1350. The highest BCUT2D eigenvalue weighted by atomic mass is 16.6. The van der Waals surface area contributed by atoms with Gasteiger partial charge in [0.25, 0.3) is 0 Å². The van der Waals surface area contributed by atoms with Crippen molar-refractivity contribution in [2.75, 3.05) is 13.2 Å². The summed E-state index contributed by atoms with van der Waals surface area (Å²) >= 11 is 0. The SMILES string of the molecule is CC/C=C\C/C=C\C/C=C\C/C=C\C/C=C\CCCCCCCCCC(=O)OCC(COC(=O)CCCCCCC/C=C\CCC)OC(=O)CCCCCCCCCCC/C=C\CCCCCCCC. The van der Waals surface area contributed by atoms with Crippen molar-refractivity contribution in [3.8, 4) is 0 Å². The van der Waals surface area contributed by atoms with E-state index in [-0.39, 0.29) is 31.1 Å². The first-order valence-electron chi connectivity index (χ1n) is 29.6. The van der Waals surface area contributed by atoms with Crippen molar-refractivity contribution in [1.82, 2.24) is 0 Å². The molecular formula is C64H110O6. The zero-order valence-electron chi connectivity index (χ0n) is 46.0. The van der Waals surface area contributed by atoms with Crippen molar-refractivity contribution in [1.29, 1.82) is 0 Å². The Hall–Kier alpha value is -3.41. The van der Waals surface area contributed by atoms with Gasteiger partial charge < -0.3 is 14.2 Å². The summed E-state index contributed by atoms with van der Waals surface area (Å²) in [6, 6.07) is 0. The van der Waals surface area contributed by atoms with Crippen LogP contribution in [0.5, 0.6) is 0 Å². The first-order chi connectivity index (χ1) is 34.5. The topological polar surface area (TPSA) is 78.9 Å². The molecule has 402 valence electrons. The average molecular weight is 976 g/mol. The average Bonchev–Trinajstić information content (AvgIpc) is 3.36. The van der Waals surface area contributed by atoms with Crippen LogP contribution in [0, 0.1) is 0 Å². The van der Waals surface area contributed by atoms with Gasteiger partial charge >= 0.3 is 17.9 Å². The molecule has 0 rings (SSSR count). The van der Waals surface area contributed by atoms with Gasteiger partial charge in [-0.15, -0.1) is 0 Å². The molecule has 1 unspecified atom stereocenters. The van der Waals surface area contributed by atoms with E-state index in [9.17, 15) is 14.4 Å². The normalized spacial score (nSPS) is 12.7. The summed E-state index contributed by atoms with van der Waals surface area (Å²) in [5.41, 5.74) is 0. The number of carbonyl (C=O) groups is 3. The van der Waals surface area contributed by atoms with E-state index in [0.29, 0.717) is 19.3 Å². The second kappa shape index (κ2) is 58.2. The molecule has 0 aromatic carbocycles. The van der Waals surface area contributed by atoms with E-state index in [1.54, 1.807) is 0 Å². The van der Waals surface area contributed by atoms with Gasteiger partial charge in [0.1, 0.15) is 13.2 Å². The first kappa shape index (κ1) is 66.6. The van der Waals surface area contributed by atoms with Crippen molar-refractivity contribution in [2.45, 2.75) is 290 Å². The third-order valence-corrected chi connectivity index (χ3v) is 12.6. The molecule has 0 aliphatic heterocycles. The molecule has 0 aliphatic rings. The molecule has 0 aliphatic carbocycles. The van der Waals surface area contributed by atoms with Crippen LogP contribution in [-0.2, 0) is 28.6 Å².